The first kappa shape index (κ1) is 15.3. The molecule has 2 N–H and O–H groups in total. The Morgan fingerprint density at radius 2 is 2.10 bits per heavy atom. The second kappa shape index (κ2) is 7.59. The fourth-order valence-electron chi connectivity index (χ4n) is 2.92. The van der Waals surface area contributed by atoms with Gasteiger partial charge in [-0.15, -0.1) is 0 Å². The molecule has 0 radical (unpaired) electrons. The molecule has 6 heteroatoms. The van der Waals surface area contributed by atoms with Gasteiger partial charge in [-0.05, 0) is 32.2 Å². The molecule has 6 nitrogen and oxygen atoms in total. The van der Waals surface area contributed by atoms with Gasteiger partial charge in [0.05, 0.1) is 18.7 Å². The van der Waals surface area contributed by atoms with Crippen LogP contribution >= 0.6 is 0 Å². The molecule has 0 unspecified atom stereocenters. The number of rotatable bonds is 5. The normalized spacial score (nSPS) is 27.2. The van der Waals surface area contributed by atoms with Crippen molar-refractivity contribution < 1.29 is 14.3 Å². The lowest BCUT2D eigenvalue weighted by molar-refractivity contribution is -0.130. The van der Waals surface area contributed by atoms with Crippen molar-refractivity contribution in [1.29, 1.82) is 0 Å². The number of carbonyl (C=O) groups is 2. The highest BCUT2D eigenvalue weighted by Gasteiger charge is 2.29. The number of nitrogens with zero attached hydrogens (tertiary/aromatic N) is 1. The Balaban J connectivity index is 1.77. The van der Waals surface area contributed by atoms with Gasteiger partial charge in [-0.25, -0.2) is 0 Å². The first-order valence-corrected chi connectivity index (χ1v) is 7.54. The summed E-state index contributed by atoms with van der Waals surface area (Å²) in [6, 6.07) is -0.165. The second-order valence-electron chi connectivity index (χ2n) is 5.54. The van der Waals surface area contributed by atoms with E-state index in [1.54, 1.807) is 7.05 Å². The summed E-state index contributed by atoms with van der Waals surface area (Å²) in [5.74, 6) is -0.00655. The highest BCUT2D eigenvalue weighted by atomic mass is 16.5. The zero-order chi connectivity index (χ0) is 14.4. The van der Waals surface area contributed by atoms with Crippen LogP contribution in [0, 0.1) is 0 Å². The third-order valence-electron chi connectivity index (χ3n) is 4.06. The number of hydrogen-bond donors (Lipinski definition) is 2. The van der Waals surface area contributed by atoms with Crippen LogP contribution in [0.4, 0.5) is 0 Å². The summed E-state index contributed by atoms with van der Waals surface area (Å²) in [6.45, 7) is 2.49. The molecule has 2 amide bonds. The Hall–Kier alpha value is -1.14. The number of ether oxygens (including phenoxy) is 1. The SMILES string of the molecule is CNC(=O)[C@@H]1CCCCN1CC(=O)NC[C@H]1CCCO1. The van der Waals surface area contributed by atoms with E-state index in [-0.39, 0.29) is 24.0 Å². The molecule has 2 saturated heterocycles. The Kier molecular flexibility index (Phi) is 5.79. The molecule has 0 spiro atoms. The average Bonchev–Trinajstić information content (AvgIpc) is 2.98. The lowest BCUT2D eigenvalue weighted by Crippen LogP contribution is -2.52. The van der Waals surface area contributed by atoms with Crippen LogP contribution in [0.25, 0.3) is 0 Å². The highest BCUT2D eigenvalue weighted by molar-refractivity contribution is 5.83. The summed E-state index contributed by atoms with van der Waals surface area (Å²) in [5.41, 5.74) is 0. The number of piperidine rings is 1. The van der Waals surface area contributed by atoms with E-state index >= 15 is 0 Å². The minimum absolute atomic E-state index is 0.0108. The summed E-state index contributed by atoms with van der Waals surface area (Å²) in [6.07, 6.45) is 5.18. The third kappa shape index (κ3) is 4.18. The van der Waals surface area contributed by atoms with Gasteiger partial charge in [0.15, 0.2) is 0 Å². The number of amides is 2. The molecule has 2 atom stereocenters. The molecular weight excluding hydrogens is 258 g/mol. The molecule has 0 aliphatic carbocycles. The van der Waals surface area contributed by atoms with Crippen molar-refractivity contribution in [3.8, 4) is 0 Å². The molecule has 114 valence electrons. The van der Waals surface area contributed by atoms with Crippen LogP contribution in [-0.4, -0.2) is 62.1 Å². The first-order chi connectivity index (χ1) is 9.70. The van der Waals surface area contributed by atoms with Gasteiger partial charge >= 0.3 is 0 Å². The Morgan fingerprint density at radius 3 is 2.80 bits per heavy atom. The van der Waals surface area contributed by atoms with Crippen LogP contribution in [0.1, 0.15) is 32.1 Å². The van der Waals surface area contributed by atoms with E-state index in [0.29, 0.717) is 13.1 Å². The van der Waals surface area contributed by atoms with Gasteiger partial charge in [0.1, 0.15) is 0 Å². The van der Waals surface area contributed by atoms with Crippen molar-refractivity contribution in [2.75, 3.05) is 33.3 Å². The molecule has 0 saturated carbocycles. The predicted octanol–water partition coefficient (Wildman–Crippen LogP) is -0.118. The standard InChI is InChI=1S/C14H25N3O3/c1-15-14(19)12-6-2-3-7-17(12)10-13(18)16-9-11-5-4-8-20-11/h11-12H,2-10H2,1H3,(H,15,19)(H,16,18)/t11-,12+/m1/s1. The summed E-state index contributed by atoms with van der Waals surface area (Å²) >= 11 is 0. The first-order valence-electron chi connectivity index (χ1n) is 7.54. The molecule has 2 heterocycles. The van der Waals surface area contributed by atoms with Gasteiger partial charge < -0.3 is 15.4 Å². The van der Waals surface area contributed by atoms with Crippen LogP contribution in [0.15, 0.2) is 0 Å². The monoisotopic (exact) mass is 283 g/mol. The van der Waals surface area contributed by atoms with Crippen molar-refractivity contribution in [2.24, 2.45) is 0 Å². The number of carbonyl (C=O) groups excluding carboxylic acids is 2. The molecule has 2 aliphatic heterocycles. The van der Waals surface area contributed by atoms with Crippen molar-refractivity contribution >= 4 is 11.8 Å². The summed E-state index contributed by atoms with van der Waals surface area (Å²) < 4.78 is 5.48. The van der Waals surface area contributed by atoms with Gasteiger partial charge in [-0.1, -0.05) is 6.42 Å². The molecule has 20 heavy (non-hydrogen) atoms. The van der Waals surface area contributed by atoms with Crippen LogP contribution in [0.2, 0.25) is 0 Å². The maximum absolute atomic E-state index is 12.0. The van der Waals surface area contributed by atoms with E-state index in [9.17, 15) is 9.59 Å². The van der Waals surface area contributed by atoms with Gasteiger partial charge in [0.2, 0.25) is 11.8 Å². The number of likely N-dealkylation sites (N-methyl/N-ethyl adjacent to an activating group) is 1. The van der Waals surface area contributed by atoms with Crippen molar-refractivity contribution in [3.05, 3.63) is 0 Å². The zero-order valence-electron chi connectivity index (χ0n) is 12.2. The van der Waals surface area contributed by atoms with Crippen molar-refractivity contribution in [1.82, 2.24) is 15.5 Å². The van der Waals surface area contributed by atoms with E-state index < -0.39 is 0 Å². The maximum atomic E-state index is 12.0. The van der Waals surface area contributed by atoms with Crippen LogP contribution in [-0.2, 0) is 14.3 Å². The van der Waals surface area contributed by atoms with Gasteiger partial charge in [-0.3, -0.25) is 14.5 Å². The smallest absolute Gasteiger partial charge is 0.237 e. The summed E-state index contributed by atoms with van der Waals surface area (Å²) in [7, 11) is 1.65. The fraction of sp³-hybridized carbons (Fsp3) is 0.857. The minimum Gasteiger partial charge on any atom is -0.376 e. The number of likely N-dealkylation sites (tertiary alicyclic amines) is 1. The molecular formula is C14H25N3O3. The molecule has 2 fully saturated rings. The summed E-state index contributed by atoms with van der Waals surface area (Å²) in [4.78, 5) is 25.8. The topological polar surface area (TPSA) is 70.7 Å². The Labute approximate surface area is 120 Å². The predicted molar refractivity (Wildman–Crippen MR) is 75.3 cm³/mol. The minimum atomic E-state index is -0.165. The Morgan fingerprint density at radius 1 is 1.25 bits per heavy atom. The molecule has 2 rings (SSSR count). The van der Waals surface area contributed by atoms with Crippen molar-refractivity contribution in [2.45, 2.75) is 44.2 Å². The molecule has 0 aromatic heterocycles. The summed E-state index contributed by atoms with van der Waals surface area (Å²) in [5, 5.41) is 5.59. The van der Waals surface area contributed by atoms with Gasteiger partial charge in [0.25, 0.3) is 0 Å². The van der Waals surface area contributed by atoms with Crippen molar-refractivity contribution in [3.63, 3.8) is 0 Å². The highest BCUT2D eigenvalue weighted by Crippen LogP contribution is 2.16. The zero-order valence-corrected chi connectivity index (χ0v) is 12.2. The third-order valence-corrected chi connectivity index (χ3v) is 4.06. The lowest BCUT2D eigenvalue weighted by Gasteiger charge is -2.33. The lowest BCUT2D eigenvalue weighted by atomic mass is 10.0. The van der Waals surface area contributed by atoms with E-state index in [0.717, 1.165) is 45.3 Å². The average molecular weight is 283 g/mol. The molecule has 0 aromatic carbocycles. The quantitative estimate of drug-likeness (QED) is 0.738. The molecule has 0 aromatic rings. The molecule has 0 bridgehead atoms. The maximum Gasteiger partial charge on any atom is 0.237 e. The second-order valence-corrected chi connectivity index (χ2v) is 5.54. The van der Waals surface area contributed by atoms with E-state index in [1.165, 1.54) is 0 Å². The van der Waals surface area contributed by atoms with Gasteiger partial charge in [0, 0.05) is 20.2 Å². The molecule has 2 aliphatic rings. The largest absolute Gasteiger partial charge is 0.376 e. The van der Waals surface area contributed by atoms with Gasteiger partial charge in [-0.2, -0.15) is 0 Å². The fourth-order valence-corrected chi connectivity index (χ4v) is 2.92. The number of hydrogen-bond acceptors (Lipinski definition) is 4. The van der Waals surface area contributed by atoms with E-state index in [4.69, 9.17) is 4.74 Å². The van der Waals surface area contributed by atoms with E-state index in [1.807, 2.05) is 4.90 Å². The Bertz CT molecular complexity index is 343. The number of nitrogens with one attached hydrogen (secondary N) is 2. The van der Waals surface area contributed by atoms with Crippen LogP contribution in [0.3, 0.4) is 0 Å². The van der Waals surface area contributed by atoms with Crippen LogP contribution in [0.5, 0.6) is 0 Å². The van der Waals surface area contributed by atoms with E-state index in [2.05, 4.69) is 10.6 Å². The van der Waals surface area contributed by atoms with Crippen LogP contribution < -0.4 is 10.6 Å².